The average Bonchev–Trinajstić information content (AvgIpc) is 2.30. The average molecular weight is 170 g/mol. The lowest BCUT2D eigenvalue weighted by molar-refractivity contribution is -0.143. The van der Waals surface area contributed by atoms with Gasteiger partial charge < -0.3 is 4.74 Å². The minimum absolute atomic E-state index is 0.0735. The Morgan fingerprint density at radius 1 is 1.67 bits per heavy atom. The second-order valence-corrected chi connectivity index (χ2v) is 3.36. The van der Waals surface area contributed by atoms with Gasteiger partial charge in [0.05, 0.1) is 6.61 Å². The number of rotatable bonds is 2. The minimum Gasteiger partial charge on any atom is -0.466 e. The second-order valence-electron chi connectivity index (χ2n) is 3.36. The summed E-state index contributed by atoms with van der Waals surface area (Å²) in [7, 11) is 0. The molecule has 1 fully saturated rings. The van der Waals surface area contributed by atoms with Crippen molar-refractivity contribution in [1.82, 2.24) is 0 Å². The molecule has 68 valence electrons. The van der Waals surface area contributed by atoms with E-state index in [1.54, 1.807) is 0 Å². The molecule has 1 unspecified atom stereocenters. The van der Waals surface area contributed by atoms with E-state index in [0.717, 1.165) is 6.42 Å². The topological polar surface area (TPSA) is 43.4 Å². The van der Waals surface area contributed by atoms with Crippen molar-refractivity contribution in [3.05, 3.63) is 0 Å². The van der Waals surface area contributed by atoms with Gasteiger partial charge in [-0.05, 0) is 6.42 Å². The van der Waals surface area contributed by atoms with Gasteiger partial charge in [-0.3, -0.25) is 9.59 Å². The van der Waals surface area contributed by atoms with Crippen LogP contribution in [0.2, 0.25) is 0 Å². The van der Waals surface area contributed by atoms with Crippen molar-refractivity contribution in [3.8, 4) is 0 Å². The van der Waals surface area contributed by atoms with Crippen molar-refractivity contribution < 1.29 is 14.3 Å². The maximum absolute atomic E-state index is 11.1. The first-order valence-corrected chi connectivity index (χ1v) is 4.27. The van der Waals surface area contributed by atoms with Gasteiger partial charge in [0, 0.05) is 25.2 Å². The summed E-state index contributed by atoms with van der Waals surface area (Å²) in [5, 5.41) is 0. The highest BCUT2D eigenvalue weighted by Gasteiger charge is 2.31. The molecule has 1 aliphatic rings. The van der Waals surface area contributed by atoms with Gasteiger partial charge >= 0.3 is 5.97 Å². The van der Waals surface area contributed by atoms with Crippen LogP contribution in [-0.2, 0) is 14.3 Å². The Morgan fingerprint density at radius 3 is 2.75 bits per heavy atom. The van der Waals surface area contributed by atoms with Gasteiger partial charge in [0.15, 0.2) is 0 Å². The minimum atomic E-state index is -0.262. The first-order valence-electron chi connectivity index (χ1n) is 4.27. The summed E-state index contributed by atoms with van der Waals surface area (Å²) in [6, 6.07) is 0. The third kappa shape index (κ3) is 2.06. The molecule has 0 aromatic heterocycles. The molecule has 0 saturated heterocycles. The summed E-state index contributed by atoms with van der Waals surface area (Å²) in [5.41, 5.74) is 0. The number of carbonyl (C=O) groups excluding carboxylic acids is 2. The molecule has 0 radical (unpaired) electrons. The highest BCUT2D eigenvalue weighted by molar-refractivity contribution is 5.83. The van der Waals surface area contributed by atoms with Gasteiger partial charge in [0.25, 0.3) is 0 Å². The largest absolute Gasteiger partial charge is 0.466 e. The fraction of sp³-hybridized carbons (Fsp3) is 0.778. The Bertz CT molecular complexity index is 198. The zero-order chi connectivity index (χ0) is 9.14. The molecule has 12 heavy (non-hydrogen) atoms. The SMILES string of the molecule is CC(=O)OC[C@H]1CCC(=O)C1C. The summed E-state index contributed by atoms with van der Waals surface area (Å²) >= 11 is 0. The zero-order valence-electron chi connectivity index (χ0n) is 7.50. The van der Waals surface area contributed by atoms with E-state index < -0.39 is 0 Å². The fourth-order valence-electron chi connectivity index (χ4n) is 1.52. The van der Waals surface area contributed by atoms with Crippen molar-refractivity contribution in [2.45, 2.75) is 26.7 Å². The quantitative estimate of drug-likeness (QED) is 0.584. The summed E-state index contributed by atoms with van der Waals surface area (Å²) in [5.74, 6) is 0.361. The number of ketones is 1. The molecule has 1 rings (SSSR count). The second kappa shape index (κ2) is 3.70. The highest BCUT2D eigenvalue weighted by Crippen LogP contribution is 2.28. The molecule has 1 aliphatic carbocycles. The first kappa shape index (κ1) is 9.23. The Hall–Kier alpha value is -0.860. The van der Waals surface area contributed by atoms with Gasteiger partial charge in [-0.2, -0.15) is 0 Å². The van der Waals surface area contributed by atoms with E-state index in [1.807, 2.05) is 6.92 Å². The molecular weight excluding hydrogens is 156 g/mol. The molecule has 1 saturated carbocycles. The predicted octanol–water partition coefficient (Wildman–Crippen LogP) is 1.16. The van der Waals surface area contributed by atoms with Crippen LogP contribution in [0, 0.1) is 11.8 Å². The highest BCUT2D eigenvalue weighted by atomic mass is 16.5. The normalized spacial score (nSPS) is 29.0. The summed E-state index contributed by atoms with van der Waals surface area (Å²) in [4.78, 5) is 21.6. The number of carbonyl (C=O) groups is 2. The maximum atomic E-state index is 11.1. The van der Waals surface area contributed by atoms with Crippen LogP contribution in [0.4, 0.5) is 0 Å². The Morgan fingerprint density at radius 2 is 2.33 bits per heavy atom. The first-order chi connectivity index (χ1) is 5.61. The predicted molar refractivity (Wildman–Crippen MR) is 43.5 cm³/mol. The van der Waals surface area contributed by atoms with Gasteiger partial charge in [-0.1, -0.05) is 6.92 Å². The Balaban J connectivity index is 2.34. The van der Waals surface area contributed by atoms with Crippen molar-refractivity contribution >= 4 is 11.8 Å². The lowest BCUT2D eigenvalue weighted by atomic mass is 9.99. The summed E-state index contributed by atoms with van der Waals surface area (Å²) in [6.07, 6.45) is 1.51. The molecule has 0 amide bonds. The van der Waals surface area contributed by atoms with E-state index >= 15 is 0 Å². The number of hydrogen-bond acceptors (Lipinski definition) is 3. The van der Waals surface area contributed by atoms with Gasteiger partial charge in [0.1, 0.15) is 5.78 Å². The van der Waals surface area contributed by atoms with Crippen LogP contribution in [0.5, 0.6) is 0 Å². The molecule has 0 spiro atoms. The van der Waals surface area contributed by atoms with E-state index in [9.17, 15) is 9.59 Å². The number of hydrogen-bond donors (Lipinski definition) is 0. The molecule has 3 nitrogen and oxygen atoms in total. The van der Waals surface area contributed by atoms with Crippen LogP contribution in [0.25, 0.3) is 0 Å². The van der Waals surface area contributed by atoms with Crippen molar-refractivity contribution in [1.29, 1.82) is 0 Å². The molecule has 0 aromatic rings. The molecule has 0 bridgehead atoms. The van der Waals surface area contributed by atoms with Crippen molar-refractivity contribution in [2.24, 2.45) is 11.8 Å². The summed E-state index contributed by atoms with van der Waals surface area (Å²) < 4.78 is 4.85. The monoisotopic (exact) mass is 170 g/mol. The van der Waals surface area contributed by atoms with Crippen LogP contribution in [-0.4, -0.2) is 18.4 Å². The van der Waals surface area contributed by atoms with Crippen LogP contribution in [0.15, 0.2) is 0 Å². The number of ether oxygens (including phenoxy) is 1. The lowest BCUT2D eigenvalue weighted by Crippen LogP contribution is -2.17. The number of esters is 1. The van der Waals surface area contributed by atoms with Gasteiger partial charge in [-0.25, -0.2) is 0 Å². The van der Waals surface area contributed by atoms with E-state index in [-0.39, 0.29) is 17.8 Å². The maximum Gasteiger partial charge on any atom is 0.302 e. The number of Topliss-reactive ketones (excluding diaryl/α,β-unsaturated/α-hetero) is 1. The molecule has 0 heterocycles. The molecule has 2 atom stereocenters. The summed E-state index contributed by atoms with van der Waals surface area (Å²) in [6.45, 7) is 3.70. The fourth-order valence-corrected chi connectivity index (χ4v) is 1.52. The van der Waals surface area contributed by atoms with E-state index in [1.165, 1.54) is 6.92 Å². The molecule has 0 aliphatic heterocycles. The molecule has 0 aromatic carbocycles. The Kier molecular flexibility index (Phi) is 2.84. The standard InChI is InChI=1S/C9H14O3/c1-6-8(3-4-9(6)11)5-12-7(2)10/h6,8H,3-5H2,1-2H3/t6?,8-/m1/s1. The molecule has 3 heteroatoms. The third-order valence-corrected chi connectivity index (χ3v) is 2.48. The van der Waals surface area contributed by atoms with E-state index in [4.69, 9.17) is 4.74 Å². The zero-order valence-corrected chi connectivity index (χ0v) is 7.50. The van der Waals surface area contributed by atoms with Gasteiger partial charge in [0.2, 0.25) is 0 Å². The van der Waals surface area contributed by atoms with Crippen molar-refractivity contribution in [2.75, 3.05) is 6.61 Å². The van der Waals surface area contributed by atoms with Crippen LogP contribution in [0.1, 0.15) is 26.7 Å². The van der Waals surface area contributed by atoms with E-state index in [2.05, 4.69) is 0 Å². The van der Waals surface area contributed by atoms with E-state index in [0.29, 0.717) is 18.8 Å². The van der Waals surface area contributed by atoms with Gasteiger partial charge in [-0.15, -0.1) is 0 Å². The molecule has 0 N–H and O–H groups in total. The smallest absolute Gasteiger partial charge is 0.302 e. The third-order valence-electron chi connectivity index (χ3n) is 2.48. The lowest BCUT2D eigenvalue weighted by Gasteiger charge is -2.12. The van der Waals surface area contributed by atoms with Crippen LogP contribution >= 0.6 is 0 Å². The molecular formula is C9H14O3. The van der Waals surface area contributed by atoms with Crippen molar-refractivity contribution in [3.63, 3.8) is 0 Å². The van der Waals surface area contributed by atoms with Crippen LogP contribution in [0.3, 0.4) is 0 Å². The van der Waals surface area contributed by atoms with Crippen LogP contribution < -0.4 is 0 Å². The Labute approximate surface area is 72.1 Å².